The molecule has 0 amide bonds. The smallest absolute Gasteiger partial charge is 0.187 e. The molecule has 1 heterocycles. The minimum Gasteiger partial charge on any atom is -0.390 e. The summed E-state index contributed by atoms with van der Waals surface area (Å²) in [6.45, 7) is 3.62. The van der Waals surface area contributed by atoms with Gasteiger partial charge >= 0.3 is 0 Å². The van der Waals surface area contributed by atoms with Gasteiger partial charge in [0.25, 0.3) is 0 Å². The Labute approximate surface area is 128 Å². The first kappa shape index (κ1) is 15.6. The number of fused-ring (bicyclic) bond motifs is 1. The van der Waals surface area contributed by atoms with Crippen molar-refractivity contribution in [3.05, 3.63) is 48.6 Å². The van der Waals surface area contributed by atoms with E-state index in [4.69, 9.17) is 9.47 Å². The van der Waals surface area contributed by atoms with Crippen LogP contribution < -0.4 is 0 Å². The normalized spacial score (nSPS) is 44.0. The highest BCUT2D eigenvalue weighted by Crippen LogP contribution is 2.53. The molecule has 2 aliphatic rings. The first-order valence-electron chi connectivity index (χ1n) is 7.21. The summed E-state index contributed by atoms with van der Waals surface area (Å²) in [6.07, 6.45) is -4.57. The van der Waals surface area contributed by atoms with Gasteiger partial charge in [0.05, 0.1) is 12.7 Å². The van der Waals surface area contributed by atoms with E-state index in [0.717, 1.165) is 0 Å². The van der Waals surface area contributed by atoms with Crippen molar-refractivity contribution in [1.82, 2.24) is 0 Å². The van der Waals surface area contributed by atoms with E-state index >= 15 is 0 Å². The second-order valence-electron chi connectivity index (χ2n) is 5.75. The molecule has 0 radical (unpaired) electrons. The third kappa shape index (κ3) is 2.11. The molecule has 1 aliphatic carbocycles. The third-order valence-corrected chi connectivity index (χ3v) is 4.50. The summed E-state index contributed by atoms with van der Waals surface area (Å²) < 4.78 is 10.7. The molecule has 3 unspecified atom stereocenters. The van der Waals surface area contributed by atoms with Crippen LogP contribution in [0.15, 0.2) is 43.0 Å². The van der Waals surface area contributed by atoms with Crippen LogP contribution in [0.5, 0.6) is 0 Å². The van der Waals surface area contributed by atoms with Gasteiger partial charge in [-0.25, -0.2) is 0 Å². The molecule has 120 valence electrons. The Morgan fingerprint density at radius 1 is 1.18 bits per heavy atom. The topological polar surface area (TPSA) is 99.4 Å². The molecular weight excluding hydrogens is 288 g/mol. The van der Waals surface area contributed by atoms with E-state index in [-0.39, 0.29) is 6.61 Å². The number of hydrogen-bond donors (Lipinski definition) is 4. The van der Waals surface area contributed by atoms with Gasteiger partial charge < -0.3 is 29.9 Å². The Hall–Kier alpha value is -1.28. The van der Waals surface area contributed by atoms with E-state index in [1.165, 1.54) is 6.08 Å². The lowest BCUT2D eigenvalue weighted by Gasteiger charge is -2.61. The summed E-state index contributed by atoms with van der Waals surface area (Å²) in [7, 11) is 0. The van der Waals surface area contributed by atoms with Gasteiger partial charge in [-0.2, -0.15) is 0 Å². The predicted octanol–water partition coefficient (Wildman–Crippen LogP) is -0.475. The number of rotatable bonds is 4. The van der Waals surface area contributed by atoms with Gasteiger partial charge in [-0.05, 0) is 5.56 Å². The monoisotopic (exact) mass is 308 g/mol. The highest BCUT2D eigenvalue weighted by Gasteiger charge is 2.71. The third-order valence-electron chi connectivity index (χ3n) is 4.50. The molecule has 0 bridgehead atoms. The molecule has 0 aromatic heterocycles. The van der Waals surface area contributed by atoms with Crippen molar-refractivity contribution in [2.24, 2.45) is 0 Å². The molecule has 1 aromatic rings. The Morgan fingerprint density at radius 3 is 2.50 bits per heavy atom. The van der Waals surface area contributed by atoms with Crippen LogP contribution in [0.4, 0.5) is 0 Å². The van der Waals surface area contributed by atoms with Crippen LogP contribution in [0.25, 0.3) is 0 Å². The van der Waals surface area contributed by atoms with Crippen molar-refractivity contribution in [1.29, 1.82) is 0 Å². The summed E-state index contributed by atoms with van der Waals surface area (Å²) in [5, 5.41) is 41.6. The molecular formula is C16H20O6. The number of hydrogen-bond acceptors (Lipinski definition) is 6. The molecule has 2 fully saturated rings. The average Bonchev–Trinajstić information content (AvgIpc) is 2.53. The molecule has 1 saturated carbocycles. The fourth-order valence-corrected chi connectivity index (χ4v) is 3.39. The molecule has 6 nitrogen and oxygen atoms in total. The summed E-state index contributed by atoms with van der Waals surface area (Å²) in [6, 6.07) is 8.88. The Balaban J connectivity index is 1.86. The van der Waals surface area contributed by atoms with E-state index in [1.54, 1.807) is 24.3 Å². The van der Waals surface area contributed by atoms with Crippen molar-refractivity contribution in [3.8, 4) is 0 Å². The lowest BCUT2D eigenvalue weighted by molar-refractivity contribution is -0.385. The standard InChI is InChI=1S/C16H20O6/c1-2-8-21-15-12(18)13(19)16(20)10(11(17)14(16)22-15)9-6-4-3-5-7-9/h2-7,10-15,17-20H,1,8H2/t10?,11?,12-,13-,14-,15?,16+/m1/s1. The minimum atomic E-state index is -1.76. The fourth-order valence-electron chi connectivity index (χ4n) is 3.39. The molecule has 1 saturated heterocycles. The SMILES string of the molecule is C=CCOC1O[C@@H]2C(O)C(c3ccccc3)[C@]2(O)[C@H](O)[C@H]1O. The van der Waals surface area contributed by atoms with E-state index in [2.05, 4.69) is 6.58 Å². The highest BCUT2D eigenvalue weighted by molar-refractivity contribution is 5.35. The molecule has 1 aliphatic heterocycles. The number of aliphatic hydroxyl groups is 4. The Morgan fingerprint density at radius 2 is 1.86 bits per heavy atom. The first-order valence-corrected chi connectivity index (χ1v) is 7.21. The van der Waals surface area contributed by atoms with E-state index in [9.17, 15) is 20.4 Å². The van der Waals surface area contributed by atoms with Gasteiger partial charge in [0.15, 0.2) is 6.29 Å². The van der Waals surface area contributed by atoms with Crippen molar-refractivity contribution in [2.45, 2.75) is 42.2 Å². The van der Waals surface area contributed by atoms with Gasteiger partial charge in [0, 0.05) is 5.92 Å². The summed E-state index contributed by atoms with van der Waals surface area (Å²) in [5.74, 6) is -0.733. The highest BCUT2D eigenvalue weighted by atomic mass is 16.7. The van der Waals surface area contributed by atoms with E-state index in [0.29, 0.717) is 5.56 Å². The van der Waals surface area contributed by atoms with Gasteiger partial charge in [-0.15, -0.1) is 6.58 Å². The van der Waals surface area contributed by atoms with Gasteiger partial charge in [0.1, 0.15) is 23.9 Å². The number of benzene rings is 1. The van der Waals surface area contributed by atoms with Gasteiger partial charge in [-0.1, -0.05) is 36.4 Å². The zero-order chi connectivity index (χ0) is 15.9. The molecule has 6 heteroatoms. The Bertz CT molecular complexity index is 531. The molecule has 22 heavy (non-hydrogen) atoms. The van der Waals surface area contributed by atoms with Crippen molar-refractivity contribution in [3.63, 3.8) is 0 Å². The Kier molecular flexibility index (Phi) is 4.07. The van der Waals surface area contributed by atoms with Crippen LogP contribution in [0.1, 0.15) is 11.5 Å². The van der Waals surface area contributed by atoms with Crippen LogP contribution in [0.2, 0.25) is 0 Å². The minimum absolute atomic E-state index is 0.123. The van der Waals surface area contributed by atoms with Crippen molar-refractivity contribution in [2.75, 3.05) is 6.61 Å². The summed E-state index contributed by atoms with van der Waals surface area (Å²) in [5.41, 5.74) is -1.08. The maximum absolute atomic E-state index is 10.8. The number of aliphatic hydroxyl groups excluding tert-OH is 3. The van der Waals surface area contributed by atoms with Crippen LogP contribution in [-0.2, 0) is 9.47 Å². The van der Waals surface area contributed by atoms with Crippen LogP contribution in [0.3, 0.4) is 0 Å². The number of ether oxygens (including phenoxy) is 2. The largest absolute Gasteiger partial charge is 0.390 e. The maximum atomic E-state index is 10.8. The summed E-state index contributed by atoms with van der Waals surface area (Å²) >= 11 is 0. The van der Waals surface area contributed by atoms with E-state index < -0.39 is 42.2 Å². The first-order chi connectivity index (χ1) is 10.5. The van der Waals surface area contributed by atoms with Gasteiger partial charge in [0.2, 0.25) is 0 Å². The zero-order valence-corrected chi connectivity index (χ0v) is 11.9. The molecule has 0 spiro atoms. The molecule has 1 aromatic carbocycles. The zero-order valence-electron chi connectivity index (χ0n) is 11.9. The van der Waals surface area contributed by atoms with Crippen LogP contribution in [0, 0.1) is 0 Å². The second-order valence-corrected chi connectivity index (χ2v) is 5.75. The molecule has 7 atom stereocenters. The van der Waals surface area contributed by atoms with Crippen LogP contribution in [-0.4, -0.2) is 63.3 Å². The van der Waals surface area contributed by atoms with E-state index in [1.807, 2.05) is 6.07 Å². The molecule has 3 rings (SSSR count). The summed E-state index contributed by atoms with van der Waals surface area (Å²) in [4.78, 5) is 0. The van der Waals surface area contributed by atoms with Gasteiger partial charge in [-0.3, -0.25) is 0 Å². The fraction of sp³-hybridized carbons (Fsp3) is 0.500. The van der Waals surface area contributed by atoms with Crippen molar-refractivity contribution < 1.29 is 29.9 Å². The molecule has 4 N–H and O–H groups in total. The maximum Gasteiger partial charge on any atom is 0.187 e. The quantitative estimate of drug-likeness (QED) is 0.561. The lowest BCUT2D eigenvalue weighted by Crippen LogP contribution is -2.80. The second kappa shape index (κ2) is 5.73. The average molecular weight is 308 g/mol. The van der Waals surface area contributed by atoms with Crippen molar-refractivity contribution >= 4 is 0 Å². The van der Waals surface area contributed by atoms with Crippen LogP contribution >= 0.6 is 0 Å². The predicted molar refractivity (Wildman–Crippen MR) is 77.0 cm³/mol. The lowest BCUT2D eigenvalue weighted by atomic mass is 9.57.